The summed E-state index contributed by atoms with van der Waals surface area (Å²) >= 11 is 6.64. The number of hydrogen-bond acceptors (Lipinski definition) is 2. The lowest BCUT2D eigenvalue weighted by Crippen LogP contribution is -2.09. The topological polar surface area (TPSA) is 58.2 Å². The van der Waals surface area contributed by atoms with Crippen LogP contribution in [0.1, 0.15) is 13.8 Å². The van der Waals surface area contributed by atoms with E-state index in [4.69, 9.17) is 0 Å². The maximum absolute atomic E-state index is 11.0. The Bertz CT molecular complexity index is 409. The molecule has 4 nitrogen and oxygen atoms in total. The van der Waals surface area contributed by atoms with Gasteiger partial charge in [0.2, 0.25) is 11.8 Å². The lowest BCUT2D eigenvalue weighted by molar-refractivity contribution is -0.115. The Kier molecular flexibility index (Phi) is 4.49. The zero-order valence-corrected chi connectivity index (χ0v) is 11.9. The van der Waals surface area contributed by atoms with Gasteiger partial charge in [0.25, 0.3) is 0 Å². The number of carbonyl (C=O) groups is 2. The average molecular weight is 350 g/mol. The van der Waals surface area contributed by atoms with E-state index in [9.17, 15) is 9.59 Å². The highest BCUT2D eigenvalue weighted by atomic mass is 79.9. The zero-order valence-electron chi connectivity index (χ0n) is 8.73. The Labute approximate surface area is 110 Å². The van der Waals surface area contributed by atoms with Gasteiger partial charge in [-0.3, -0.25) is 9.59 Å². The molecule has 0 heterocycles. The number of amides is 2. The van der Waals surface area contributed by atoms with E-state index in [1.54, 1.807) is 12.1 Å². The monoisotopic (exact) mass is 348 g/mol. The number of anilines is 2. The number of hydrogen-bond donors (Lipinski definition) is 2. The molecule has 1 rings (SSSR count). The SMILES string of the molecule is CC(=O)Nc1cc(NC(C)=O)c(Br)cc1Br. The highest BCUT2D eigenvalue weighted by molar-refractivity contribution is 9.11. The minimum atomic E-state index is -0.170. The summed E-state index contributed by atoms with van der Waals surface area (Å²) < 4.78 is 1.48. The molecule has 1 aromatic carbocycles. The molecule has 0 atom stereocenters. The van der Waals surface area contributed by atoms with Crippen molar-refractivity contribution in [2.45, 2.75) is 13.8 Å². The minimum absolute atomic E-state index is 0.170. The first-order chi connectivity index (χ1) is 7.40. The third kappa shape index (κ3) is 3.61. The molecular weight excluding hydrogens is 340 g/mol. The van der Waals surface area contributed by atoms with Gasteiger partial charge in [-0.05, 0) is 44.0 Å². The summed E-state index contributed by atoms with van der Waals surface area (Å²) in [5.74, 6) is -0.339. The maximum Gasteiger partial charge on any atom is 0.221 e. The summed E-state index contributed by atoms with van der Waals surface area (Å²) in [7, 11) is 0. The summed E-state index contributed by atoms with van der Waals surface area (Å²) in [6.07, 6.45) is 0. The fraction of sp³-hybridized carbons (Fsp3) is 0.200. The van der Waals surface area contributed by atoms with Crippen LogP contribution in [0.25, 0.3) is 0 Å². The summed E-state index contributed by atoms with van der Waals surface area (Å²) in [4.78, 5) is 21.9. The standard InChI is InChI=1S/C10H10Br2N2O2/c1-5(15)13-9-4-10(14-6(2)16)8(12)3-7(9)11/h3-4H,1-2H3,(H,13,15)(H,14,16). The molecule has 0 fully saturated rings. The quantitative estimate of drug-likeness (QED) is 0.861. The molecule has 6 heteroatoms. The largest absolute Gasteiger partial charge is 0.325 e. The van der Waals surface area contributed by atoms with E-state index in [1.165, 1.54) is 13.8 Å². The van der Waals surface area contributed by atoms with Crippen molar-refractivity contribution in [3.05, 3.63) is 21.1 Å². The normalized spacial score (nSPS) is 9.75. The van der Waals surface area contributed by atoms with E-state index in [-0.39, 0.29) is 11.8 Å². The van der Waals surface area contributed by atoms with Crippen LogP contribution in [0.15, 0.2) is 21.1 Å². The van der Waals surface area contributed by atoms with Gasteiger partial charge in [-0.25, -0.2) is 0 Å². The van der Waals surface area contributed by atoms with Crippen molar-refractivity contribution >= 4 is 55.0 Å². The van der Waals surface area contributed by atoms with Crippen LogP contribution in [0.3, 0.4) is 0 Å². The van der Waals surface area contributed by atoms with Gasteiger partial charge in [0, 0.05) is 22.8 Å². The van der Waals surface area contributed by atoms with Crippen molar-refractivity contribution in [1.29, 1.82) is 0 Å². The number of halogens is 2. The van der Waals surface area contributed by atoms with Crippen molar-refractivity contribution in [3.63, 3.8) is 0 Å². The second-order valence-corrected chi connectivity index (χ2v) is 4.88. The zero-order chi connectivity index (χ0) is 12.3. The predicted molar refractivity (Wildman–Crippen MR) is 70.4 cm³/mol. The second kappa shape index (κ2) is 5.45. The lowest BCUT2D eigenvalue weighted by Gasteiger charge is -2.10. The first kappa shape index (κ1) is 13.2. The van der Waals surface area contributed by atoms with Gasteiger partial charge < -0.3 is 10.6 Å². The lowest BCUT2D eigenvalue weighted by atomic mass is 10.2. The molecule has 16 heavy (non-hydrogen) atoms. The highest BCUT2D eigenvalue weighted by Crippen LogP contribution is 2.33. The van der Waals surface area contributed by atoms with Crippen molar-refractivity contribution in [2.75, 3.05) is 10.6 Å². The average Bonchev–Trinajstić information content (AvgIpc) is 2.11. The van der Waals surface area contributed by atoms with Gasteiger partial charge in [-0.1, -0.05) is 0 Å². The Balaban J connectivity index is 3.10. The highest BCUT2D eigenvalue weighted by Gasteiger charge is 2.08. The fourth-order valence-corrected chi connectivity index (χ4v) is 2.31. The molecule has 0 spiro atoms. The summed E-state index contributed by atoms with van der Waals surface area (Å²) in [6.45, 7) is 2.85. The summed E-state index contributed by atoms with van der Waals surface area (Å²) in [6, 6.07) is 3.44. The molecule has 1 aromatic rings. The minimum Gasteiger partial charge on any atom is -0.325 e. The summed E-state index contributed by atoms with van der Waals surface area (Å²) in [5.41, 5.74) is 1.22. The number of carbonyl (C=O) groups excluding carboxylic acids is 2. The fourth-order valence-electron chi connectivity index (χ4n) is 1.12. The Morgan fingerprint density at radius 1 is 0.938 bits per heavy atom. The molecule has 0 aliphatic carbocycles. The van der Waals surface area contributed by atoms with Crippen LogP contribution in [-0.4, -0.2) is 11.8 Å². The van der Waals surface area contributed by atoms with Crippen molar-refractivity contribution in [1.82, 2.24) is 0 Å². The Hall–Kier alpha value is -0.880. The molecule has 0 saturated carbocycles. The van der Waals surface area contributed by atoms with Crippen LogP contribution in [-0.2, 0) is 9.59 Å². The van der Waals surface area contributed by atoms with Crippen LogP contribution in [0.4, 0.5) is 11.4 Å². The maximum atomic E-state index is 11.0. The molecule has 0 aliphatic heterocycles. The number of nitrogens with one attached hydrogen (secondary N) is 2. The molecule has 0 radical (unpaired) electrons. The van der Waals surface area contributed by atoms with Gasteiger partial charge in [0.1, 0.15) is 0 Å². The molecule has 0 unspecified atom stereocenters. The van der Waals surface area contributed by atoms with E-state index in [2.05, 4.69) is 42.5 Å². The van der Waals surface area contributed by atoms with Crippen LogP contribution >= 0.6 is 31.9 Å². The first-order valence-electron chi connectivity index (χ1n) is 4.44. The third-order valence-electron chi connectivity index (χ3n) is 1.68. The number of rotatable bonds is 2. The molecular formula is C10H10Br2N2O2. The van der Waals surface area contributed by atoms with Crippen LogP contribution < -0.4 is 10.6 Å². The Morgan fingerprint density at radius 2 is 1.31 bits per heavy atom. The van der Waals surface area contributed by atoms with Gasteiger partial charge >= 0.3 is 0 Å². The molecule has 0 saturated heterocycles. The molecule has 86 valence electrons. The first-order valence-corrected chi connectivity index (χ1v) is 6.03. The van der Waals surface area contributed by atoms with Crippen LogP contribution in [0, 0.1) is 0 Å². The summed E-state index contributed by atoms with van der Waals surface area (Å²) in [5, 5.41) is 5.31. The van der Waals surface area contributed by atoms with Gasteiger partial charge in [-0.15, -0.1) is 0 Å². The molecule has 0 aromatic heterocycles. The Morgan fingerprint density at radius 3 is 1.62 bits per heavy atom. The van der Waals surface area contributed by atoms with Gasteiger partial charge in [0.15, 0.2) is 0 Å². The predicted octanol–water partition coefficient (Wildman–Crippen LogP) is 3.13. The van der Waals surface area contributed by atoms with Crippen LogP contribution in [0.2, 0.25) is 0 Å². The van der Waals surface area contributed by atoms with Crippen LogP contribution in [0.5, 0.6) is 0 Å². The van der Waals surface area contributed by atoms with E-state index < -0.39 is 0 Å². The van der Waals surface area contributed by atoms with E-state index >= 15 is 0 Å². The molecule has 0 bridgehead atoms. The van der Waals surface area contributed by atoms with Crippen molar-refractivity contribution in [2.24, 2.45) is 0 Å². The van der Waals surface area contributed by atoms with E-state index in [0.29, 0.717) is 11.4 Å². The third-order valence-corrected chi connectivity index (χ3v) is 2.99. The van der Waals surface area contributed by atoms with Gasteiger partial charge in [-0.2, -0.15) is 0 Å². The molecule has 0 aliphatic rings. The van der Waals surface area contributed by atoms with E-state index in [1.807, 2.05) is 0 Å². The molecule has 2 N–H and O–H groups in total. The van der Waals surface area contributed by atoms with Gasteiger partial charge in [0.05, 0.1) is 11.4 Å². The number of benzene rings is 1. The van der Waals surface area contributed by atoms with E-state index in [0.717, 1.165) is 8.95 Å². The second-order valence-electron chi connectivity index (χ2n) is 3.17. The van der Waals surface area contributed by atoms with Crippen molar-refractivity contribution in [3.8, 4) is 0 Å². The van der Waals surface area contributed by atoms with Crippen molar-refractivity contribution < 1.29 is 9.59 Å². The smallest absolute Gasteiger partial charge is 0.221 e. The molecule has 2 amide bonds.